The lowest BCUT2D eigenvalue weighted by Crippen LogP contribution is -2.31. The Labute approximate surface area is 206 Å². The Balaban J connectivity index is 1.42. The van der Waals surface area contributed by atoms with E-state index in [0.29, 0.717) is 32.3 Å². The molecule has 0 saturated heterocycles. The fourth-order valence-corrected chi connectivity index (χ4v) is 5.86. The van der Waals surface area contributed by atoms with E-state index < -0.39 is 9.84 Å². The average molecular weight is 489 g/mol. The first-order chi connectivity index (χ1) is 17.0. The highest BCUT2D eigenvalue weighted by Crippen LogP contribution is 2.34. The molecule has 0 aromatic heterocycles. The zero-order valence-electron chi connectivity index (χ0n) is 19.5. The topological polar surface area (TPSA) is 59.1 Å². The molecule has 0 unspecified atom stereocenters. The van der Waals surface area contributed by atoms with Crippen molar-refractivity contribution >= 4 is 9.84 Å². The van der Waals surface area contributed by atoms with Crippen LogP contribution >= 0.6 is 0 Å². The molecule has 35 heavy (non-hydrogen) atoms. The van der Waals surface area contributed by atoms with Gasteiger partial charge >= 0.3 is 0 Å². The maximum Gasteiger partial charge on any atom is 0.206 e. The van der Waals surface area contributed by atoms with Crippen LogP contribution in [0.2, 0.25) is 0 Å². The molecule has 0 saturated carbocycles. The summed E-state index contributed by atoms with van der Waals surface area (Å²) in [6.45, 7) is 9.51. The second-order valence-electron chi connectivity index (χ2n) is 8.63. The van der Waals surface area contributed by atoms with Crippen LogP contribution in [-0.4, -0.2) is 31.7 Å². The number of hydrogen-bond acceptors (Lipinski definition) is 6. The summed E-state index contributed by atoms with van der Waals surface area (Å²) in [6, 6.07) is 10.1. The van der Waals surface area contributed by atoms with E-state index in [1.165, 1.54) is 0 Å². The molecule has 7 heteroatoms. The fraction of sp³-hybridized carbons (Fsp3) is 0.214. The first-order valence-corrected chi connectivity index (χ1v) is 13.1. The minimum absolute atomic E-state index is 0.237. The molecule has 0 spiro atoms. The Kier molecular flexibility index (Phi) is 6.26. The predicted octanol–water partition coefficient (Wildman–Crippen LogP) is 5.31. The van der Waals surface area contributed by atoms with Crippen LogP contribution in [0, 0.1) is 0 Å². The van der Waals surface area contributed by atoms with Gasteiger partial charge in [-0.3, -0.25) is 0 Å². The van der Waals surface area contributed by atoms with E-state index in [9.17, 15) is 8.42 Å². The molecule has 0 bridgehead atoms. The van der Waals surface area contributed by atoms with Gasteiger partial charge in [-0.15, -0.1) is 0 Å². The highest BCUT2D eigenvalue weighted by atomic mass is 32.2. The summed E-state index contributed by atoms with van der Waals surface area (Å²) in [6.07, 6.45) is 13.7. The molecule has 0 amide bonds. The number of ether oxygens (including phenoxy) is 2. The molecule has 5 rings (SSSR count). The van der Waals surface area contributed by atoms with Crippen molar-refractivity contribution in [1.82, 2.24) is 9.80 Å². The summed E-state index contributed by atoms with van der Waals surface area (Å²) in [5, 5.41) is 0. The monoisotopic (exact) mass is 488 g/mol. The molecule has 3 aliphatic rings. The first kappa shape index (κ1) is 23.1. The SMILES string of the molecule is C=C/C=C(\C=C)N1COc2ccc(S(=O)(=O)c3ccc4c(c3)CN(C3=CCCC=C3)CO4)cc2C1. The number of allylic oxidation sites excluding steroid dienone is 6. The van der Waals surface area contributed by atoms with E-state index in [1.54, 1.807) is 48.6 Å². The highest BCUT2D eigenvalue weighted by molar-refractivity contribution is 7.91. The number of hydrogen-bond donors (Lipinski definition) is 0. The number of benzene rings is 2. The van der Waals surface area contributed by atoms with Crippen molar-refractivity contribution in [1.29, 1.82) is 0 Å². The van der Waals surface area contributed by atoms with Crippen molar-refractivity contribution in [3.8, 4) is 11.5 Å². The number of sulfone groups is 1. The minimum atomic E-state index is -3.73. The van der Waals surface area contributed by atoms with Gasteiger partial charge in [0.25, 0.3) is 0 Å². The lowest BCUT2D eigenvalue weighted by molar-refractivity contribution is 0.131. The third-order valence-corrected chi connectivity index (χ3v) is 8.11. The van der Waals surface area contributed by atoms with Gasteiger partial charge in [0.1, 0.15) is 11.5 Å². The fourth-order valence-electron chi connectivity index (χ4n) is 4.50. The minimum Gasteiger partial charge on any atom is -0.473 e. The normalized spacial score (nSPS) is 17.5. The lowest BCUT2D eigenvalue weighted by Gasteiger charge is -2.32. The molecule has 2 heterocycles. The summed E-state index contributed by atoms with van der Waals surface area (Å²) in [4.78, 5) is 4.59. The maximum absolute atomic E-state index is 13.6. The second kappa shape index (κ2) is 9.50. The van der Waals surface area contributed by atoms with Crippen molar-refractivity contribution in [2.45, 2.75) is 35.7 Å². The zero-order valence-corrected chi connectivity index (χ0v) is 20.3. The maximum atomic E-state index is 13.6. The summed E-state index contributed by atoms with van der Waals surface area (Å²) in [5.74, 6) is 1.41. The summed E-state index contributed by atoms with van der Waals surface area (Å²) in [5.41, 5.74) is 3.63. The molecule has 0 radical (unpaired) electrons. The Morgan fingerprint density at radius 2 is 1.60 bits per heavy atom. The molecular weight excluding hydrogens is 460 g/mol. The summed E-state index contributed by atoms with van der Waals surface area (Å²) < 4.78 is 39.0. The van der Waals surface area contributed by atoms with Crippen LogP contribution < -0.4 is 9.47 Å². The van der Waals surface area contributed by atoms with Gasteiger partial charge in [0, 0.05) is 35.6 Å². The third-order valence-electron chi connectivity index (χ3n) is 6.36. The van der Waals surface area contributed by atoms with Gasteiger partial charge < -0.3 is 19.3 Å². The van der Waals surface area contributed by atoms with Crippen LogP contribution in [0.4, 0.5) is 0 Å². The van der Waals surface area contributed by atoms with Gasteiger partial charge in [0.2, 0.25) is 9.84 Å². The molecule has 2 aliphatic heterocycles. The molecule has 0 N–H and O–H groups in total. The van der Waals surface area contributed by atoms with Crippen LogP contribution in [0.15, 0.2) is 107 Å². The van der Waals surface area contributed by atoms with Gasteiger partial charge in [-0.05, 0) is 67.5 Å². The van der Waals surface area contributed by atoms with Gasteiger partial charge in [-0.1, -0.05) is 31.4 Å². The van der Waals surface area contributed by atoms with E-state index in [4.69, 9.17) is 9.47 Å². The van der Waals surface area contributed by atoms with E-state index in [0.717, 1.165) is 41.1 Å². The van der Waals surface area contributed by atoms with Crippen molar-refractivity contribution < 1.29 is 17.9 Å². The molecule has 0 fully saturated rings. The van der Waals surface area contributed by atoms with E-state index in [1.807, 2.05) is 11.0 Å². The quantitative estimate of drug-likeness (QED) is 0.514. The number of rotatable bonds is 6. The molecular formula is C28H28N2O4S. The van der Waals surface area contributed by atoms with Gasteiger partial charge in [0.15, 0.2) is 13.5 Å². The van der Waals surface area contributed by atoms with Crippen LogP contribution in [-0.2, 0) is 22.9 Å². The Morgan fingerprint density at radius 3 is 2.23 bits per heavy atom. The molecule has 0 atom stereocenters. The number of nitrogens with zero attached hydrogens (tertiary/aromatic N) is 2. The molecule has 1 aliphatic carbocycles. The molecule has 6 nitrogen and oxygen atoms in total. The molecule has 2 aromatic carbocycles. The molecule has 2 aromatic rings. The summed E-state index contributed by atoms with van der Waals surface area (Å²) in [7, 11) is -3.73. The van der Waals surface area contributed by atoms with Crippen LogP contribution in [0.5, 0.6) is 11.5 Å². The van der Waals surface area contributed by atoms with Crippen molar-refractivity contribution in [2.75, 3.05) is 13.5 Å². The van der Waals surface area contributed by atoms with E-state index in [-0.39, 0.29) is 9.79 Å². The second-order valence-corrected chi connectivity index (χ2v) is 10.6. The Bertz CT molecular complexity index is 1370. The highest BCUT2D eigenvalue weighted by Gasteiger charge is 2.26. The van der Waals surface area contributed by atoms with Crippen LogP contribution in [0.25, 0.3) is 0 Å². The van der Waals surface area contributed by atoms with Crippen LogP contribution in [0.1, 0.15) is 24.0 Å². The van der Waals surface area contributed by atoms with E-state index in [2.05, 4.69) is 36.3 Å². The zero-order chi connectivity index (χ0) is 24.4. The van der Waals surface area contributed by atoms with Crippen molar-refractivity contribution in [3.05, 3.63) is 109 Å². The smallest absolute Gasteiger partial charge is 0.206 e. The average Bonchev–Trinajstić information content (AvgIpc) is 2.91. The first-order valence-electron chi connectivity index (χ1n) is 11.6. The van der Waals surface area contributed by atoms with Gasteiger partial charge in [0.05, 0.1) is 9.79 Å². The lowest BCUT2D eigenvalue weighted by atomic mass is 10.1. The van der Waals surface area contributed by atoms with E-state index >= 15 is 0 Å². The van der Waals surface area contributed by atoms with Gasteiger partial charge in [-0.25, -0.2) is 8.42 Å². The largest absolute Gasteiger partial charge is 0.473 e. The predicted molar refractivity (Wildman–Crippen MR) is 135 cm³/mol. The third kappa shape index (κ3) is 4.51. The van der Waals surface area contributed by atoms with Gasteiger partial charge in [-0.2, -0.15) is 0 Å². The van der Waals surface area contributed by atoms with Crippen LogP contribution in [0.3, 0.4) is 0 Å². The Hall–Kier alpha value is -3.71. The summed E-state index contributed by atoms with van der Waals surface area (Å²) >= 11 is 0. The van der Waals surface area contributed by atoms with Crippen molar-refractivity contribution in [3.63, 3.8) is 0 Å². The Morgan fingerprint density at radius 1 is 0.914 bits per heavy atom. The van der Waals surface area contributed by atoms with Crippen molar-refractivity contribution in [2.24, 2.45) is 0 Å². The number of fused-ring (bicyclic) bond motifs is 2. The standard InChI is InChI=1S/C28H28N2O4S/c1-3-8-23(4-2)29-17-21-15-25(11-13-27(21)33-19-29)35(31,32)26-12-14-28-22(16-26)18-30(20-34-28)24-9-6-5-7-10-24/h3-4,6,8-16H,1-2,5,7,17-20H2/b23-8+. The molecule has 180 valence electrons.